The smallest absolute Gasteiger partial charge is 0.0960 e. The summed E-state index contributed by atoms with van der Waals surface area (Å²) in [5, 5.41) is 6.92. The molecule has 0 unspecified atom stereocenters. The third kappa shape index (κ3) is 8.05. The normalized spacial score (nSPS) is 8.78. The molecule has 2 nitrogen and oxygen atoms in total. The quantitative estimate of drug-likeness (QED) is 0.426. The van der Waals surface area contributed by atoms with Crippen LogP contribution in [0.2, 0.25) is 0 Å². The lowest BCUT2D eigenvalue weighted by molar-refractivity contribution is 0.581. The predicted molar refractivity (Wildman–Crippen MR) is 45.9 cm³/mol. The van der Waals surface area contributed by atoms with E-state index in [1.807, 2.05) is 20.8 Å². The monoisotopic (exact) mass is 172 g/mol. The van der Waals surface area contributed by atoms with E-state index in [1.165, 1.54) is 0 Å². The molecule has 0 aromatic rings. The average molecular weight is 173 g/mol. The van der Waals surface area contributed by atoms with Crippen LogP contribution in [0.3, 0.4) is 0 Å². The van der Waals surface area contributed by atoms with E-state index in [9.17, 15) is 0 Å². The molecule has 0 aromatic heterocycles. The highest BCUT2D eigenvalue weighted by Gasteiger charge is 2.12. The van der Waals surface area contributed by atoms with Gasteiger partial charge in [0.05, 0.1) is 5.84 Å². The second-order valence-electron chi connectivity index (χ2n) is 2.66. The summed E-state index contributed by atoms with van der Waals surface area (Å²) in [6, 6.07) is 0. The van der Waals surface area contributed by atoms with Crippen molar-refractivity contribution in [3.8, 4) is 0 Å². The molecule has 3 N–H and O–H groups in total. The summed E-state index contributed by atoms with van der Waals surface area (Å²) >= 11 is 0. The highest BCUT2D eigenvalue weighted by Crippen LogP contribution is 2.10. The molecule has 0 fully saturated rings. The van der Waals surface area contributed by atoms with E-state index in [0.717, 1.165) is 0 Å². The molecule has 0 spiro atoms. The van der Waals surface area contributed by atoms with E-state index in [0.29, 0.717) is 0 Å². The van der Waals surface area contributed by atoms with Crippen LogP contribution in [-0.2, 0) is 0 Å². The van der Waals surface area contributed by atoms with Crippen LogP contribution in [0.25, 0.3) is 0 Å². The summed E-state index contributed by atoms with van der Waals surface area (Å²) in [6.07, 6.45) is 0. The second-order valence-corrected chi connectivity index (χ2v) is 2.66. The zero-order valence-electron chi connectivity index (χ0n) is 5.89. The van der Waals surface area contributed by atoms with Crippen LogP contribution in [0.5, 0.6) is 0 Å². The molecule has 0 radical (unpaired) electrons. The van der Waals surface area contributed by atoms with Crippen LogP contribution in [0.1, 0.15) is 20.8 Å². The van der Waals surface area contributed by atoms with Gasteiger partial charge in [-0.05, 0) is 0 Å². The maximum Gasteiger partial charge on any atom is 0.0960 e. The molecule has 9 heavy (non-hydrogen) atoms. The minimum Gasteiger partial charge on any atom is -0.387 e. The molecule has 0 aromatic carbocycles. The Kier molecular flexibility index (Phi) is 8.70. The molecule has 4 heteroatoms. The first-order chi connectivity index (χ1) is 2.94. The number of halogens is 2. The van der Waals surface area contributed by atoms with E-state index >= 15 is 0 Å². The zero-order valence-corrected chi connectivity index (χ0v) is 7.53. The Labute approximate surface area is 68.5 Å². The predicted octanol–water partition coefficient (Wildman–Crippen LogP) is 1.81. The summed E-state index contributed by atoms with van der Waals surface area (Å²) < 4.78 is 0. The molecular weight excluding hydrogens is 159 g/mol. The van der Waals surface area contributed by atoms with Gasteiger partial charge in [0, 0.05) is 5.41 Å². The van der Waals surface area contributed by atoms with Crippen LogP contribution in [0.4, 0.5) is 0 Å². The number of nitrogens with one attached hydrogen (secondary N) is 1. The molecule has 58 valence electrons. The second kappa shape index (κ2) is 4.89. The number of hydrogen-bond acceptors (Lipinski definition) is 1. The summed E-state index contributed by atoms with van der Waals surface area (Å²) in [5.41, 5.74) is 5.01. The van der Waals surface area contributed by atoms with Gasteiger partial charge in [-0.15, -0.1) is 24.8 Å². The molecule has 0 aliphatic rings. The molecule has 0 heterocycles. The van der Waals surface area contributed by atoms with Crippen LogP contribution >= 0.6 is 24.8 Å². The van der Waals surface area contributed by atoms with E-state index < -0.39 is 0 Å². The minimum atomic E-state index is -0.139. The van der Waals surface area contributed by atoms with Crippen molar-refractivity contribution in [2.24, 2.45) is 11.1 Å². The van der Waals surface area contributed by atoms with Crippen molar-refractivity contribution < 1.29 is 0 Å². The topological polar surface area (TPSA) is 49.9 Å². The van der Waals surface area contributed by atoms with Gasteiger partial charge < -0.3 is 5.73 Å². The van der Waals surface area contributed by atoms with Gasteiger partial charge in [0.1, 0.15) is 0 Å². The fourth-order valence-electron chi connectivity index (χ4n) is 0. The summed E-state index contributed by atoms with van der Waals surface area (Å²) in [5.74, 6) is 0.243. The summed E-state index contributed by atoms with van der Waals surface area (Å²) in [4.78, 5) is 0. The zero-order chi connectivity index (χ0) is 6.08. The molecular formula is C5H14Cl2N2. The van der Waals surface area contributed by atoms with Gasteiger partial charge >= 0.3 is 0 Å². The Morgan fingerprint density at radius 2 is 1.33 bits per heavy atom. The standard InChI is InChI=1S/C5H12N2.2ClH/c1-5(2,3)4(6)7;;/h1-3H3,(H3,6,7);2*1H. The van der Waals surface area contributed by atoms with E-state index in [2.05, 4.69) is 0 Å². The molecule has 0 rings (SSSR count). The lowest BCUT2D eigenvalue weighted by Crippen LogP contribution is -2.27. The highest BCUT2D eigenvalue weighted by molar-refractivity contribution is 5.85. The third-order valence-corrected chi connectivity index (χ3v) is 0.808. The van der Waals surface area contributed by atoms with Gasteiger partial charge in [0.15, 0.2) is 0 Å². The van der Waals surface area contributed by atoms with Crippen molar-refractivity contribution in [3.05, 3.63) is 0 Å². The van der Waals surface area contributed by atoms with E-state index in [-0.39, 0.29) is 36.1 Å². The number of hydrogen-bond donors (Lipinski definition) is 2. The van der Waals surface area contributed by atoms with Crippen molar-refractivity contribution >= 4 is 30.6 Å². The van der Waals surface area contributed by atoms with Crippen LogP contribution in [-0.4, -0.2) is 5.84 Å². The van der Waals surface area contributed by atoms with Gasteiger partial charge in [-0.2, -0.15) is 0 Å². The lowest BCUT2D eigenvalue weighted by Gasteiger charge is -2.14. The Balaban J connectivity index is -0.000000180. The summed E-state index contributed by atoms with van der Waals surface area (Å²) in [6.45, 7) is 5.74. The third-order valence-electron chi connectivity index (χ3n) is 0.808. The fourth-order valence-corrected chi connectivity index (χ4v) is 0. The lowest BCUT2D eigenvalue weighted by atomic mass is 9.96. The van der Waals surface area contributed by atoms with Gasteiger partial charge in [-0.1, -0.05) is 20.8 Å². The van der Waals surface area contributed by atoms with E-state index in [4.69, 9.17) is 11.1 Å². The Bertz CT molecular complexity index is 85.4. The van der Waals surface area contributed by atoms with Crippen LogP contribution < -0.4 is 5.73 Å². The molecule has 0 aliphatic carbocycles. The number of rotatable bonds is 0. The van der Waals surface area contributed by atoms with Gasteiger partial charge in [0.2, 0.25) is 0 Å². The Morgan fingerprint density at radius 3 is 1.33 bits per heavy atom. The van der Waals surface area contributed by atoms with Crippen molar-refractivity contribution in [2.45, 2.75) is 20.8 Å². The first-order valence-electron chi connectivity index (χ1n) is 2.29. The fraction of sp³-hybridized carbons (Fsp3) is 0.800. The maximum atomic E-state index is 6.92. The van der Waals surface area contributed by atoms with Crippen molar-refractivity contribution in [3.63, 3.8) is 0 Å². The molecule has 0 bridgehead atoms. The number of amidine groups is 1. The molecule has 0 aliphatic heterocycles. The Hall–Kier alpha value is 0.0500. The first-order valence-corrected chi connectivity index (χ1v) is 2.29. The number of nitrogens with two attached hydrogens (primary N) is 1. The van der Waals surface area contributed by atoms with Crippen LogP contribution in [0.15, 0.2) is 0 Å². The van der Waals surface area contributed by atoms with Crippen molar-refractivity contribution in [1.82, 2.24) is 0 Å². The van der Waals surface area contributed by atoms with E-state index in [1.54, 1.807) is 0 Å². The van der Waals surface area contributed by atoms with Gasteiger partial charge in [-0.25, -0.2) is 0 Å². The van der Waals surface area contributed by atoms with Crippen molar-refractivity contribution in [2.75, 3.05) is 0 Å². The minimum absolute atomic E-state index is 0. The van der Waals surface area contributed by atoms with Crippen LogP contribution in [0, 0.1) is 10.8 Å². The van der Waals surface area contributed by atoms with Gasteiger partial charge in [-0.3, -0.25) is 5.41 Å². The largest absolute Gasteiger partial charge is 0.387 e. The molecule has 0 saturated carbocycles. The highest BCUT2D eigenvalue weighted by atomic mass is 35.5. The SMILES string of the molecule is CC(C)(C)C(=N)N.Cl.Cl. The van der Waals surface area contributed by atoms with Crippen molar-refractivity contribution in [1.29, 1.82) is 5.41 Å². The van der Waals surface area contributed by atoms with Gasteiger partial charge in [0.25, 0.3) is 0 Å². The maximum absolute atomic E-state index is 6.92. The molecule has 0 amide bonds. The summed E-state index contributed by atoms with van der Waals surface area (Å²) in [7, 11) is 0. The first kappa shape index (κ1) is 16.0. The molecule has 0 saturated heterocycles. The Morgan fingerprint density at radius 1 is 1.22 bits per heavy atom. The molecule has 0 atom stereocenters. The average Bonchev–Trinajstić information content (AvgIpc) is 1.31.